The molecular weight excluding hydrogens is 202 g/mol. The first-order valence-corrected chi connectivity index (χ1v) is 5.54. The van der Waals surface area contributed by atoms with E-state index in [0.29, 0.717) is 0 Å². The van der Waals surface area contributed by atoms with E-state index in [9.17, 15) is 9.59 Å². The zero-order chi connectivity index (χ0) is 12.2. The van der Waals surface area contributed by atoms with Crippen molar-refractivity contribution in [1.82, 2.24) is 4.90 Å². The molecule has 2 aliphatic rings. The van der Waals surface area contributed by atoms with Gasteiger partial charge in [-0.15, -0.1) is 0 Å². The first kappa shape index (κ1) is 11.1. The van der Waals surface area contributed by atoms with Gasteiger partial charge in [-0.2, -0.15) is 0 Å². The highest BCUT2D eigenvalue weighted by Gasteiger charge is 2.49. The second kappa shape index (κ2) is 3.30. The van der Waals surface area contributed by atoms with Crippen molar-refractivity contribution in [1.29, 1.82) is 0 Å². The predicted octanol–water partition coefficient (Wildman–Crippen LogP) is 1.90. The maximum atomic E-state index is 12.0. The van der Waals surface area contributed by atoms with Crippen molar-refractivity contribution in [2.24, 2.45) is 11.8 Å². The van der Waals surface area contributed by atoms with Crippen molar-refractivity contribution >= 4 is 11.8 Å². The lowest BCUT2D eigenvalue weighted by molar-refractivity contribution is -0.137. The van der Waals surface area contributed by atoms with Crippen LogP contribution >= 0.6 is 0 Å². The van der Waals surface area contributed by atoms with Crippen molar-refractivity contribution < 1.29 is 9.59 Å². The van der Waals surface area contributed by atoms with Crippen molar-refractivity contribution in [3.8, 4) is 0 Å². The Morgan fingerprint density at radius 3 is 1.44 bits per heavy atom. The number of allylic oxidation sites excluding steroid dienone is 2. The molecule has 3 nitrogen and oxygen atoms in total. The Morgan fingerprint density at radius 1 is 0.812 bits per heavy atom. The van der Waals surface area contributed by atoms with Crippen molar-refractivity contribution in [2.45, 2.75) is 27.7 Å². The van der Waals surface area contributed by atoms with Gasteiger partial charge in [-0.3, -0.25) is 14.5 Å². The van der Waals surface area contributed by atoms with E-state index in [1.807, 2.05) is 27.7 Å². The van der Waals surface area contributed by atoms with E-state index in [0.717, 1.165) is 22.3 Å². The third-order valence-electron chi connectivity index (χ3n) is 4.21. The number of hydrogen-bond donors (Lipinski definition) is 0. The van der Waals surface area contributed by atoms with E-state index in [1.54, 1.807) is 7.05 Å². The molecule has 2 atom stereocenters. The molecule has 0 aromatic rings. The third-order valence-corrected chi connectivity index (χ3v) is 4.21. The van der Waals surface area contributed by atoms with E-state index >= 15 is 0 Å². The number of imide groups is 1. The fourth-order valence-electron chi connectivity index (χ4n) is 2.74. The van der Waals surface area contributed by atoms with Gasteiger partial charge in [-0.1, -0.05) is 11.1 Å². The van der Waals surface area contributed by atoms with E-state index in [1.165, 1.54) is 4.90 Å². The molecule has 0 aromatic heterocycles. The van der Waals surface area contributed by atoms with Crippen molar-refractivity contribution in [2.75, 3.05) is 7.05 Å². The highest BCUT2D eigenvalue weighted by molar-refractivity contribution is 6.08. The fourth-order valence-corrected chi connectivity index (χ4v) is 2.74. The number of nitrogens with zero attached hydrogens (tertiary/aromatic N) is 1. The van der Waals surface area contributed by atoms with Gasteiger partial charge in [0.25, 0.3) is 0 Å². The molecule has 0 N–H and O–H groups in total. The van der Waals surface area contributed by atoms with Crippen LogP contribution in [0.25, 0.3) is 0 Å². The number of likely N-dealkylation sites (tertiary alicyclic amines) is 1. The zero-order valence-electron chi connectivity index (χ0n) is 10.4. The maximum absolute atomic E-state index is 12.0. The molecule has 3 heteroatoms. The number of carbonyl (C=O) groups excluding carboxylic acids is 2. The molecular formula is C13H17NO2. The van der Waals surface area contributed by atoms with Gasteiger partial charge in [0, 0.05) is 7.05 Å². The largest absolute Gasteiger partial charge is 0.285 e. The van der Waals surface area contributed by atoms with Crippen LogP contribution in [0, 0.1) is 11.8 Å². The van der Waals surface area contributed by atoms with Crippen LogP contribution in [-0.2, 0) is 9.59 Å². The summed E-state index contributed by atoms with van der Waals surface area (Å²) in [6, 6.07) is 0. The molecule has 0 spiro atoms. The fraction of sp³-hybridized carbons (Fsp3) is 0.538. The lowest BCUT2D eigenvalue weighted by atomic mass is 9.74. The summed E-state index contributed by atoms with van der Waals surface area (Å²) < 4.78 is 0. The topological polar surface area (TPSA) is 37.4 Å². The minimum Gasteiger partial charge on any atom is -0.285 e. The number of hydrogen-bond acceptors (Lipinski definition) is 2. The molecule has 86 valence electrons. The second-order valence-corrected chi connectivity index (χ2v) is 4.81. The Labute approximate surface area is 95.8 Å². The summed E-state index contributed by atoms with van der Waals surface area (Å²) in [6.45, 7) is 7.99. The lowest BCUT2D eigenvalue weighted by Gasteiger charge is -2.27. The van der Waals surface area contributed by atoms with Crippen molar-refractivity contribution in [3.63, 3.8) is 0 Å². The predicted molar refractivity (Wildman–Crippen MR) is 61.5 cm³/mol. The summed E-state index contributed by atoms with van der Waals surface area (Å²) >= 11 is 0. The molecule has 16 heavy (non-hydrogen) atoms. The monoisotopic (exact) mass is 219 g/mol. The normalized spacial score (nSPS) is 30.4. The molecule has 1 aliphatic heterocycles. The van der Waals surface area contributed by atoms with E-state index in [-0.39, 0.29) is 23.7 Å². The number of amides is 2. The molecule has 0 aromatic carbocycles. The Bertz CT molecular complexity index is 415. The Morgan fingerprint density at radius 2 is 1.12 bits per heavy atom. The van der Waals surface area contributed by atoms with Crippen LogP contribution < -0.4 is 0 Å². The van der Waals surface area contributed by atoms with Gasteiger partial charge in [-0.05, 0) is 38.8 Å². The van der Waals surface area contributed by atoms with Gasteiger partial charge in [0.05, 0.1) is 11.8 Å². The first-order valence-electron chi connectivity index (χ1n) is 5.54. The van der Waals surface area contributed by atoms with Crippen LogP contribution in [0.2, 0.25) is 0 Å². The molecule has 2 rings (SSSR count). The molecule has 1 heterocycles. The molecule has 1 saturated heterocycles. The zero-order valence-corrected chi connectivity index (χ0v) is 10.4. The van der Waals surface area contributed by atoms with Crippen LogP contribution in [0.3, 0.4) is 0 Å². The summed E-state index contributed by atoms with van der Waals surface area (Å²) in [6.07, 6.45) is 0. The van der Waals surface area contributed by atoms with Crippen LogP contribution in [0.5, 0.6) is 0 Å². The van der Waals surface area contributed by atoms with E-state index in [4.69, 9.17) is 0 Å². The Balaban J connectivity index is 2.63. The van der Waals surface area contributed by atoms with E-state index < -0.39 is 0 Å². The van der Waals surface area contributed by atoms with Crippen molar-refractivity contribution in [3.05, 3.63) is 22.3 Å². The van der Waals surface area contributed by atoms with Gasteiger partial charge >= 0.3 is 0 Å². The van der Waals surface area contributed by atoms with Gasteiger partial charge in [0.1, 0.15) is 0 Å². The average molecular weight is 219 g/mol. The number of carbonyl (C=O) groups is 2. The Hall–Kier alpha value is -1.38. The lowest BCUT2D eigenvalue weighted by Crippen LogP contribution is -2.26. The second-order valence-electron chi connectivity index (χ2n) is 4.81. The summed E-state index contributed by atoms with van der Waals surface area (Å²) in [5.41, 5.74) is 4.43. The maximum Gasteiger partial charge on any atom is 0.237 e. The van der Waals surface area contributed by atoms with Gasteiger partial charge in [-0.25, -0.2) is 0 Å². The van der Waals surface area contributed by atoms with Gasteiger partial charge in [0.15, 0.2) is 0 Å². The molecule has 0 radical (unpaired) electrons. The first-order chi connectivity index (χ1) is 7.37. The smallest absolute Gasteiger partial charge is 0.237 e. The standard InChI is InChI=1S/C13H17NO2/c1-6-7(2)9(4)11-10(8(6)3)12(15)14(5)13(11)16/h10-11H,1-5H3. The highest BCUT2D eigenvalue weighted by atomic mass is 16.2. The summed E-state index contributed by atoms with van der Waals surface area (Å²) in [5.74, 6) is -0.611. The minimum atomic E-state index is -0.249. The van der Waals surface area contributed by atoms with E-state index in [2.05, 4.69) is 0 Å². The van der Waals surface area contributed by atoms with Crippen LogP contribution in [0.1, 0.15) is 27.7 Å². The molecule has 2 amide bonds. The summed E-state index contributed by atoms with van der Waals surface area (Å²) in [7, 11) is 1.58. The molecule has 2 unspecified atom stereocenters. The van der Waals surface area contributed by atoms with Crippen LogP contribution in [0.15, 0.2) is 22.3 Å². The van der Waals surface area contributed by atoms with Crippen LogP contribution in [0.4, 0.5) is 0 Å². The third kappa shape index (κ3) is 1.14. The van der Waals surface area contributed by atoms with Gasteiger partial charge in [0.2, 0.25) is 11.8 Å². The number of fused-ring (bicyclic) bond motifs is 1. The SMILES string of the molecule is CC1=C(C)C2C(=O)N(C)C(=O)C2C(C)=C1C. The molecule has 1 aliphatic carbocycles. The van der Waals surface area contributed by atoms with Gasteiger partial charge < -0.3 is 0 Å². The van der Waals surface area contributed by atoms with Crippen LogP contribution in [-0.4, -0.2) is 23.8 Å². The molecule has 0 bridgehead atoms. The number of rotatable bonds is 0. The molecule has 0 saturated carbocycles. The highest BCUT2D eigenvalue weighted by Crippen LogP contribution is 2.43. The minimum absolute atomic E-state index is 0.0568. The Kier molecular flexibility index (Phi) is 2.30. The molecule has 1 fully saturated rings. The average Bonchev–Trinajstić information content (AvgIpc) is 2.48. The quantitative estimate of drug-likeness (QED) is 0.583. The summed E-state index contributed by atoms with van der Waals surface area (Å²) in [4.78, 5) is 25.3. The summed E-state index contributed by atoms with van der Waals surface area (Å²) in [5, 5.41) is 0.